The molecule has 0 bridgehead atoms. The van der Waals surface area contributed by atoms with E-state index in [1.165, 1.54) is 12.3 Å². The van der Waals surface area contributed by atoms with Crippen molar-refractivity contribution in [2.45, 2.75) is 26.6 Å². The normalized spacial score (nSPS) is 12.1. The number of hydrogen-bond donors (Lipinski definition) is 2. The minimum Gasteiger partial charge on any atom is -0.415 e. The van der Waals surface area contributed by atoms with Crippen molar-refractivity contribution < 1.29 is 23.0 Å². The summed E-state index contributed by atoms with van der Waals surface area (Å²) >= 11 is 0. The van der Waals surface area contributed by atoms with Crippen molar-refractivity contribution in [1.29, 1.82) is 5.26 Å². The zero-order chi connectivity index (χ0) is 22.5. The van der Waals surface area contributed by atoms with Crippen LogP contribution in [0.25, 0.3) is 5.65 Å². The van der Waals surface area contributed by atoms with Crippen molar-refractivity contribution >= 4 is 23.1 Å². The van der Waals surface area contributed by atoms with Gasteiger partial charge < -0.3 is 20.1 Å². The largest absolute Gasteiger partial charge is 0.415 e. The number of amides is 2. The molecule has 0 aliphatic carbocycles. The fourth-order valence-corrected chi connectivity index (χ4v) is 3.02. The molecule has 0 spiro atoms. The summed E-state index contributed by atoms with van der Waals surface area (Å²) in [5.74, 6) is -0.466. The van der Waals surface area contributed by atoms with Gasteiger partial charge in [0.25, 0.3) is 0 Å². The second-order valence-corrected chi connectivity index (χ2v) is 6.70. The summed E-state index contributed by atoms with van der Waals surface area (Å²) < 4.78 is 36.1. The molecule has 2 amide bonds. The van der Waals surface area contributed by atoms with Crippen LogP contribution in [0.15, 0.2) is 30.7 Å². The Morgan fingerprint density at radius 2 is 2.03 bits per heavy atom. The molecule has 3 rings (SSSR count). The Labute approximate surface area is 175 Å². The van der Waals surface area contributed by atoms with Gasteiger partial charge >= 0.3 is 12.6 Å². The van der Waals surface area contributed by atoms with E-state index in [2.05, 4.69) is 30.4 Å². The van der Waals surface area contributed by atoms with Crippen molar-refractivity contribution in [2.75, 3.05) is 17.7 Å². The first kappa shape index (κ1) is 21.8. The summed E-state index contributed by atoms with van der Waals surface area (Å²) in [5.41, 5.74) is 1.40. The average Bonchev–Trinajstić information content (AvgIpc) is 3.19. The van der Waals surface area contributed by atoms with Gasteiger partial charge in [0, 0.05) is 13.2 Å². The van der Waals surface area contributed by atoms with E-state index in [0.29, 0.717) is 17.0 Å². The van der Waals surface area contributed by atoms with Gasteiger partial charge in [0.05, 0.1) is 35.7 Å². The van der Waals surface area contributed by atoms with E-state index >= 15 is 0 Å². The Hall–Kier alpha value is -3.85. The van der Waals surface area contributed by atoms with E-state index in [1.807, 2.05) is 13.8 Å². The van der Waals surface area contributed by atoms with Crippen LogP contribution >= 0.6 is 0 Å². The standard InChI is InChI=1S/C19H19F2N7O3/c1-10(2)16(30-3)15-13(9-23-14-4-5-25-28(14)15)27-19(29)26-12-6-11(7-22)17(24-8-12)31-18(20)21/h4-6,8-10,16,18H,1-3H3,(H2,26,27,29). The highest BCUT2D eigenvalue weighted by Crippen LogP contribution is 2.31. The number of rotatable bonds is 7. The van der Waals surface area contributed by atoms with Gasteiger partial charge in [-0.15, -0.1) is 0 Å². The van der Waals surface area contributed by atoms with Crippen LogP contribution in [0.2, 0.25) is 0 Å². The Kier molecular flexibility index (Phi) is 6.56. The Morgan fingerprint density at radius 1 is 1.26 bits per heavy atom. The van der Waals surface area contributed by atoms with Crippen molar-refractivity contribution in [1.82, 2.24) is 19.6 Å². The highest BCUT2D eigenvalue weighted by Gasteiger charge is 2.24. The minimum atomic E-state index is -3.13. The van der Waals surface area contributed by atoms with Crippen molar-refractivity contribution in [3.63, 3.8) is 0 Å². The average molecular weight is 431 g/mol. The van der Waals surface area contributed by atoms with Crippen molar-refractivity contribution in [3.05, 3.63) is 42.0 Å². The number of carbonyl (C=O) groups is 1. The molecule has 1 atom stereocenters. The zero-order valence-corrected chi connectivity index (χ0v) is 16.8. The number of halogens is 2. The first-order valence-electron chi connectivity index (χ1n) is 9.12. The Bertz CT molecular complexity index is 1130. The topological polar surface area (TPSA) is 126 Å². The molecule has 1 unspecified atom stereocenters. The third-order valence-corrected chi connectivity index (χ3v) is 4.26. The number of nitrogens with one attached hydrogen (secondary N) is 2. The number of pyridine rings is 1. The predicted molar refractivity (Wildman–Crippen MR) is 106 cm³/mol. The number of aromatic nitrogens is 4. The molecule has 2 N–H and O–H groups in total. The molecule has 162 valence electrons. The Balaban J connectivity index is 1.86. The number of carbonyl (C=O) groups excluding carboxylic acids is 1. The molecule has 3 heterocycles. The lowest BCUT2D eigenvalue weighted by atomic mass is 10.0. The maximum atomic E-state index is 12.6. The molecule has 0 fully saturated rings. The van der Waals surface area contributed by atoms with E-state index in [-0.39, 0.29) is 17.2 Å². The molecule has 0 radical (unpaired) electrons. The number of nitriles is 1. The van der Waals surface area contributed by atoms with E-state index in [9.17, 15) is 13.6 Å². The van der Waals surface area contributed by atoms with E-state index in [0.717, 1.165) is 6.20 Å². The number of fused-ring (bicyclic) bond motifs is 1. The van der Waals surface area contributed by atoms with Crippen LogP contribution in [0.4, 0.5) is 25.0 Å². The summed E-state index contributed by atoms with van der Waals surface area (Å²) in [7, 11) is 1.56. The summed E-state index contributed by atoms with van der Waals surface area (Å²) in [6.45, 7) is 0.803. The maximum absolute atomic E-state index is 12.6. The minimum absolute atomic E-state index is 0.0631. The van der Waals surface area contributed by atoms with Gasteiger partial charge in [0.15, 0.2) is 5.65 Å². The van der Waals surface area contributed by atoms with Gasteiger partial charge in [0.2, 0.25) is 5.88 Å². The molecule has 0 aliphatic heterocycles. The number of methoxy groups -OCH3 is 1. The van der Waals surface area contributed by atoms with Crippen LogP contribution < -0.4 is 15.4 Å². The lowest BCUT2D eigenvalue weighted by molar-refractivity contribution is -0.0530. The highest BCUT2D eigenvalue weighted by molar-refractivity contribution is 6.00. The summed E-state index contributed by atoms with van der Waals surface area (Å²) in [6, 6.07) is 3.92. The molecule has 0 aliphatic rings. The number of ether oxygens (including phenoxy) is 2. The van der Waals surface area contributed by atoms with Crippen LogP contribution in [0, 0.1) is 17.2 Å². The molecule has 31 heavy (non-hydrogen) atoms. The predicted octanol–water partition coefficient (Wildman–Crippen LogP) is 3.58. The van der Waals surface area contributed by atoms with Crippen LogP contribution in [-0.2, 0) is 4.74 Å². The zero-order valence-electron chi connectivity index (χ0n) is 16.8. The molecular formula is C19H19F2N7O3. The SMILES string of the molecule is COC(c1c(NC(=O)Nc2cnc(OC(F)F)c(C#N)c2)cnc2ccnn12)C(C)C. The van der Waals surface area contributed by atoms with Crippen LogP contribution in [0.5, 0.6) is 5.88 Å². The van der Waals surface area contributed by atoms with E-state index in [1.54, 1.807) is 30.0 Å². The van der Waals surface area contributed by atoms with Crippen molar-refractivity contribution in [2.24, 2.45) is 5.92 Å². The molecule has 12 heteroatoms. The monoisotopic (exact) mass is 431 g/mol. The second kappa shape index (κ2) is 9.31. The molecule has 3 aromatic heterocycles. The van der Waals surface area contributed by atoms with Crippen LogP contribution in [0.3, 0.4) is 0 Å². The maximum Gasteiger partial charge on any atom is 0.388 e. The van der Waals surface area contributed by atoms with Gasteiger partial charge in [0.1, 0.15) is 17.7 Å². The summed E-state index contributed by atoms with van der Waals surface area (Å²) in [5, 5.41) is 18.5. The fourth-order valence-electron chi connectivity index (χ4n) is 3.02. The third-order valence-electron chi connectivity index (χ3n) is 4.26. The van der Waals surface area contributed by atoms with Gasteiger partial charge in [-0.05, 0) is 12.0 Å². The quantitative estimate of drug-likeness (QED) is 0.585. The number of hydrogen-bond acceptors (Lipinski definition) is 7. The molecule has 10 nitrogen and oxygen atoms in total. The lowest BCUT2D eigenvalue weighted by Crippen LogP contribution is -2.24. The summed E-state index contributed by atoms with van der Waals surface area (Å²) in [6.07, 6.45) is 3.78. The fraction of sp³-hybridized carbons (Fsp3) is 0.316. The third kappa shape index (κ3) is 4.84. The first-order chi connectivity index (χ1) is 14.8. The lowest BCUT2D eigenvalue weighted by Gasteiger charge is -2.23. The molecule has 3 aromatic rings. The number of urea groups is 1. The molecular weight excluding hydrogens is 412 g/mol. The first-order valence-corrected chi connectivity index (χ1v) is 9.12. The van der Waals surface area contributed by atoms with Crippen molar-refractivity contribution in [3.8, 4) is 11.9 Å². The molecule has 0 saturated heterocycles. The number of anilines is 2. The number of alkyl halides is 2. The van der Waals surface area contributed by atoms with E-state index < -0.39 is 24.6 Å². The Morgan fingerprint density at radius 3 is 2.68 bits per heavy atom. The second-order valence-electron chi connectivity index (χ2n) is 6.70. The smallest absolute Gasteiger partial charge is 0.388 e. The summed E-state index contributed by atoms with van der Waals surface area (Å²) in [4.78, 5) is 20.5. The molecule has 0 saturated carbocycles. The van der Waals surface area contributed by atoms with E-state index in [4.69, 9.17) is 10.00 Å². The van der Waals surface area contributed by atoms with Gasteiger partial charge in [-0.3, -0.25) is 0 Å². The van der Waals surface area contributed by atoms with Gasteiger partial charge in [-0.25, -0.2) is 19.3 Å². The number of nitrogens with zero attached hydrogens (tertiary/aromatic N) is 5. The van der Waals surface area contributed by atoms with Gasteiger partial charge in [-0.1, -0.05) is 13.8 Å². The highest BCUT2D eigenvalue weighted by atomic mass is 19.3. The van der Waals surface area contributed by atoms with Crippen LogP contribution in [0.1, 0.15) is 31.2 Å². The molecule has 0 aromatic carbocycles. The van der Waals surface area contributed by atoms with Crippen LogP contribution in [-0.4, -0.2) is 39.3 Å². The van der Waals surface area contributed by atoms with Gasteiger partial charge in [-0.2, -0.15) is 19.1 Å².